The van der Waals surface area contributed by atoms with E-state index in [4.69, 9.17) is 5.11 Å². The zero-order valence-electron chi connectivity index (χ0n) is 8.93. The van der Waals surface area contributed by atoms with Gasteiger partial charge in [-0.25, -0.2) is 0 Å². The van der Waals surface area contributed by atoms with Crippen LogP contribution in [-0.2, 0) is 9.32 Å². The SMILES string of the molecule is CC#CC(CC(=O)OP)c1ccc(O)cc1. The van der Waals surface area contributed by atoms with Gasteiger partial charge in [0, 0.05) is 0 Å². The third-order valence-corrected chi connectivity index (χ3v) is 2.38. The number of phenols is 1. The Balaban J connectivity index is 2.88. The van der Waals surface area contributed by atoms with Crippen LogP contribution in [0.3, 0.4) is 0 Å². The summed E-state index contributed by atoms with van der Waals surface area (Å²) in [5, 5.41) is 9.17. The minimum Gasteiger partial charge on any atom is -0.508 e. The van der Waals surface area contributed by atoms with Gasteiger partial charge in [0.2, 0.25) is 0 Å². The average Bonchev–Trinajstić information content (AvgIpc) is 2.29. The lowest BCUT2D eigenvalue weighted by Crippen LogP contribution is -2.05. The van der Waals surface area contributed by atoms with E-state index in [0.717, 1.165) is 5.56 Å². The predicted molar refractivity (Wildman–Crippen MR) is 64.7 cm³/mol. The zero-order valence-corrected chi connectivity index (χ0v) is 10.1. The van der Waals surface area contributed by atoms with E-state index in [1.807, 2.05) is 9.47 Å². The number of rotatable bonds is 3. The molecule has 0 aliphatic carbocycles. The molecule has 0 saturated carbocycles. The van der Waals surface area contributed by atoms with Crippen LogP contribution in [0.15, 0.2) is 24.3 Å². The highest BCUT2D eigenvalue weighted by atomic mass is 31.0. The van der Waals surface area contributed by atoms with Crippen molar-refractivity contribution in [3.8, 4) is 17.6 Å². The van der Waals surface area contributed by atoms with Gasteiger partial charge in [-0.05, 0) is 24.6 Å². The summed E-state index contributed by atoms with van der Waals surface area (Å²) in [5.41, 5.74) is 0.891. The van der Waals surface area contributed by atoms with Gasteiger partial charge in [-0.15, -0.1) is 5.92 Å². The van der Waals surface area contributed by atoms with Crippen LogP contribution in [0.5, 0.6) is 5.75 Å². The van der Waals surface area contributed by atoms with Crippen LogP contribution in [0.1, 0.15) is 24.8 Å². The molecule has 1 aromatic carbocycles. The largest absolute Gasteiger partial charge is 0.508 e. The summed E-state index contributed by atoms with van der Waals surface area (Å²) in [5.74, 6) is 5.40. The van der Waals surface area contributed by atoms with Crippen LogP contribution >= 0.6 is 9.47 Å². The smallest absolute Gasteiger partial charge is 0.309 e. The van der Waals surface area contributed by atoms with Crippen LogP contribution in [0.2, 0.25) is 0 Å². The number of carbonyl (C=O) groups excluding carboxylic acids is 1. The molecule has 16 heavy (non-hydrogen) atoms. The fourth-order valence-corrected chi connectivity index (χ4v) is 1.44. The molecule has 4 heteroatoms. The highest BCUT2D eigenvalue weighted by Crippen LogP contribution is 2.22. The topological polar surface area (TPSA) is 46.5 Å². The van der Waals surface area contributed by atoms with Gasteiger partial charge in [-0.3, -0.25) is 4.79 Å². The maximum Gasteiger partial charge on any atom is 0.309 e. The van der Waals surface area contributed by atoms with Crippen molar-refractivity contribution in [2.75, 3.05) is 0 Å². The van der Waals surface area contributed by atoms with E-state index in [2.05, 4.69) is 16.4 Å². The summed E-state index contributed by atoms with van der Waals surface area (Å²) in [7, 11) is 1.93. The number of carbonyl (C=O) groups is 1. The molecule has 2 unspecified atom stereocenters. The number of hydrogen-bond acceptors (Lipinski definition) is 3. The molecule has 0 saturated heterocycles. The number of aromatic hydroxyl groups is 1. The molecule has 84 valence electrons. The third-order valence-electron chi connectivity index (χ3n) is 2.12. The fourth-order valence-electron chi connectivity index (χ4n) is 1.35. The number of benzene rings is 1. The van der Waals surface area contributed by atoms with E-state index < -0.39 is 0 Å². The molecule has 1 N–H and O–H groups in total. The van der Waals surface area contributed by atoms with Crippen molar-refractivity contribution in [2.45, 2.75) is 19.3 Å². The summed E-state index contributed by atoms with van der Waals surface area (Å²) in [6.45, 7) is 1.72. The summed E-state index contributed by atoms with van der Waals surface area (Å²) in [6.07, 6.45) is 0.203. The second-order valence-corrected chi connectivity index (χ2v) is 3.47. The molecule has 3 nitrogen and oxygen atoms in total. The molecule has 0 aromatic heterocycles. The molecule has 0 radical (unpaired) electrons. The van der Waals surface area contributed by atoms with Crippen molar-refractivity contribution in [1.82, 2.24) is 0 Å². The van der Waals surface area contributed by atoms with Crippen LogP contribution in [0, 0.1) is 11.8 Å². The summed E-state index contributed by atoms with van der Waals surface area (Å²) in [4.78, 5) is 11.2. The van der Waals surface area contributed by atoms with Crippen molar-refractivity contribution >= 4 is 15.4 Å². The van der Waals surface area contributed by atoms with E-state index in [1.54, 1.807) is 31.2 Å². The minimum atomic E-state index is -0.328. The maximum absolute atomic E-state index is 11.2. The molecular formula is C12H13O3P. The van der Waals surface area contributed by atoms with Crippen molar-refractivity contribution in [2.24, 2.45) is 0 Å². The Kier molecular flexibility index (Phi) is 4.82. The third kappa shape index (κ3) is 3.56. The van der Waals surface area contributed by atoms with E-state index in [-0.39, 0.29) is 24.1 Å². The van der Waals surface area contributed by atoms with Gasteiger partial charge in [0.05, 0.1) is 21.8 Å². The van der Waals surface area contributed by atoms with Crippen molar-refractivity contribution < 1.29 is 14.4 Å². The molecule has 0 aliphatic heterocycles. The first kappa shape index (κ1) is 12.5. The lowest BCUT2D eigenvalue weighted by atomic mass is 9.96. The molecule has 0 amide bonds. The van der Waals surface area contributed by atoms with Crippen molar-refractivity contribution in [3.63, 3.8) is 0 Å². The summed E-state index contributed by atoms with van der Waals surface area (Å²) < 4.78 is 4.53. The molecule has 2 atom stereocenters. The average molecular weight is 236 g/mol. The van der Waals surface area contributed by atoms with E-state index in [9.17, 15) is 4.79 Å². The highest BCUT2D eigenvalue weighted by Gasteiger charge is 2.13. The van der Waals surface area contributed by atoms with E-state index in [0.29, 0.717) is 0 Å². The second-order valence-electron chi connectivity index (χ2n) is 3.23. The molecule has 0 bridgehead atoms. The van der Waals surface area contributed by atoms with Gasteiger partial charge >= 0.3 is 5.97 Å². The first-order chi connectivity index (χ1) is 7.67. The summed E-state index contributed by atoms with van der Waals surface area (Å²) in [6, 6.07) is 6.65. The van der Waals surface area contributed by atoms with E-state index >= 15 is 0 Å². The van der Waals surface area contributed by atoms with Gasteiger partial charge in [0.1, 0.15) is 5.75 Å². The van der Waals surface area contributed by atoms with E-state index in [1.165, 1.54) is 0 Å². The Morgan fingerprint density at radius 1 is 1.50 bits per heavy atom. The predicted octanol–water partition coefficient (Wildman–Crippen LogP) is 2.22. The lowest BCUT2D eigenvalue weighted by molar-refractivity contribution is -0.133. The number of hydrogen-bond donors (Lipinski definition) is 1. The Labute approximate surface area is 97.1 Å². The standard InChI is InChI=1S/C12H13O3P/c1-2-3-10(8-12(14)15-16)9-4-6-11(13)7-5-9/h4-7,10,13H,8,16H2,1H3. The zero-order chi connectivity index (χ0) is 12.0. The van der Waals surface area contributed by atoms with Gasteiger partial charge in [0.25, 0.3) is 0 Å². The fraction of sp³-hybridized carbons (Fsp3) is 0.250. The number of phenolic OH excluding ortho intramolecular Hbond substituents is 1. The van der Waals surface area contributed by atoms with Gasteiger partial charge in [0.15, 0.2) is 0 Å². The lowest BCUT2D eigenvalue weighted by Gasteiger charge is -2.09. The Morgan fingerprint density at radius 2 is 2.12 bits per heavy atom. The normalized spacial score (nSPS) is 11.1. The van der Waals surface area contributed by atoms with Gasteiger partial charge in [-0.1, -0.05) is 18.1 Å². The van der Waals surface area contributed by atoms with Gasteiger partial charge in [-0.2, -0.15) is 0 Å². The first-order valence-electron chi connectivity index (χ1n) is 4.78. The van der Waals surface area contributed by atoms with Gasteiger partial charge < -0.3 is 9.63 Å². The molecule has 0 spiro atoms. The van der Waals surface area contributed by atoms with Crippen molar-refractivity contribution in [1.29, 1.82) is 0 Å². The molecule has 0 aliphatic rings. The molecule has 0 heterocycles. The Bertz CT molecular complexity index is 414. The maximum atomic E-state index is 11.2. The minimum absolute atomic E-state index is 0.195. The van der Waals surface area contributed by atoms with Crippen molar-refractivity contribution in [3.05, 3.63) is 29.8 Å². The molecular weight excluding hydrogens is 223 g/mol. The molecule has 1 rings (SSSR count). The Morgan fingerprint density at radius 3 is 2.62 bits per heavy atom. The Hall–Kier alpha value is -1.52. The second kappa shape index (κ2) is 6.15. The molecule has 1 aromatic rings. The van der Waals surface area contributed by atoms with Crippen LogP contribution < -0.4 is 0 Å². The quantitative estimate of drug-likeness (QED) is 0.646. The monoisotopic (exact) mass is 236 g/mol. The summed E-state index contributed by atoms with van der Waals surface area (Å²) >= 11 is 0. The highest BCUT2D eigenvalue weighted by molar-refractivity contribution is 7.10. The van der Waals surface area contributed by atoms with Crippen LogP contribution in [-0.4, -0.2) is 11.1 Å². The van der Waals surface area contributed by atoms with Crippen LogP contribution in [0.4, 0.5) is 0 Å². The van der Waals surface area contributed by atoms with Crippen LogP contribution in [0.25, 0.3) is 0 Å². The first-order valence-corrected chi connectivity index (χ1v) is 5.25. The molecule has 0 fully saturated rings.